The van der Waals surface area contributed by atoms with Crippen LogP contribution in [0.2, 0.25) is 0 Å². The first-order valence-corrected chi connectivity index (χ1v) is 11.0. The average Bonchev–Trinajstić information content (AvgIpc) is 3.35. The van der Waals surface area contributed by atoms with Gasteiger partial charge in [0.1, 0.15) is 0 Å². The Morgan fingerprint density at radius 3 is 2.65 bits per heavy atom. The minimum atomic E-state index is -0.594. The molecule has 0 fully saturated rings. The van der Waals surface area contributed by atoms with E-state index in [0.717, 1.165) is 11.1 Å². The maximum atomic E-state index is 13.4. The van der Waals surface area contributed by atoms with Crippen LogP contribution >= 0.6 is 11.3 Å². The molecule has 1 aliphatic rings. The van der Waals surface area contributed by atoms with Gasteiger partial charge in [-0.15, -0.1) is 0 Å². The van der Waals surface area contributed by atoms with Crippen LogP contribution < -0.4 is 14.9 Å². The van der Waals surface area contributed by atoms with Crippen LogP contribution in [0.25, 0.3) is 6.08 Å². The molecule has 1 atom stereocenters. The summed E-state index contributed by atoms with van der Waals surface area (Å²) in [6, 6.07) is 9.23. The molecule has 0 amide bonds. The Kier molecular flexibility index (Phi) is 5.78. The zero-order valence-electron chi connectivity index (χ0n) is 17.9. The van der Waals surface area contributed by atoms with Gasteiger partial charge in [0.2, 0.25) is 0 Å². The number of nitrogens with zero attached hydrogens (tertiary/aromatic N) is 2. The van der Waals surface area contributed by atoms with E-state index in [1.807, 2.05) is 24.3 Å². The molecule has 7 heteroatoms. The van der Waals surface area contributed by atoms with Crippen molar-refractivity contribution in [2.45, 2.75) is 39.7 Å². The molecule has 4 rings (SSSR count). The predicted molar refractivity (Wildman–Crippen MR) is 120 cm³/mol. The largest absolute Gasteiger partial charge is 0.472 e. The molecular formula is C24H24N2O4S. The number of thiazole rings is 1. The molecule has 0 bridgehead atoms. The van der Waals surface area contributed by atoms with Crippen LogP contribution in [0.1, 0.15) is 56.3 Å². The molecule has 0 saturated carbocycles. The molecule has 2 aromatic heterocycles. The minimum Gasteiger partial charge on any atom is -0.472 e. The molecule has 160 valence electrons. The van der Waals surface area contributed by atoms with Gasteiger partial charge in [-0.2, -0.15) is 0 Å². The molecule has 3 aromatic rings. The number of hydrogen-bond donors (Lipinski definition) is 0. The van der Waals surface area contributed by atoms with Gasteiger partial charge >= 0.3 is 5.97 Å². The van der Waals surface area contributed by atoms with Crippen molar-refractivity contribution in [1.82, 2.24) is 4.57 Å². The van der Waals surface area contributed by atoms with Crippen LogP contribution in [0.3, 0.4) is 0 Å². The maximum absolute atomic E-state index is 13.4. The second-order valence-electron chi connectivity index (χ2n) is 7.68. The van der Waals surface area contributed by atoms with Crippen molar-refractivity contribution in [1.29, 1.82) is 0 Å². The summed E-state index contributed by atoms with van der Waals surface area (Å²) in [5, 5.41) is 0. The molecule has 31 heavy (non-hydrogen) atoms. The van der Waals surface area contributed by atoms with Crippen molar-refractivity contribution in [3.05, 3.63) is 90.5 Å². The van der Waals surface area contributed by atoms with Crippen molar-refractivity contribution in [2.24, 2.45) is 4.99 Å². The average molecular weight is 437 g/mol. The molecule has 6 nitrogen and oxygen atoms in total. The van der Waals surface area contributed by atoms with Crippen LogP contribution in [-0.4, -0.2) is 17.1 Å². The van der Waals surface area contributed by atoms with E-state index in [1.165, 1.54) is 16.9 Å². The molecular weight excluding hydrogens is 412 g/mol. The first kappa shape index (κ1) is 21.1. The van der Waals surface area contributed by atoms with Crippen LogP contribution in [0, 0.1) is 0 Å². The lowest BCUT2D eigenvalue weighted by Gasteiger charge is -2.25. The molecule has 0 spiro atoms. The fourth-order valence-corrected chi connectivity index (χ4v) is 4.73. The summed E-state index contributed by atoms with van der Waals surface area (Å²) in [7, 11) is 0. The first-order chi connectivity index (χ1) is 14.9. The van der Waals surface area contributed by atoms with Gasteiger partial charge in [-0.05, 0) is 43.0 Å². The molecule has 0 N–H and O–H groups in total. The highest BCUT2D eigenvalue weighted by Crippen LogP contribution is 2.31. The molecule has 1 aliphatic heterocycles. The number of benzene rings is 1. The van der Waals surface area contributed by atoms with Crippen LogP contribution in [-0.2, 0) is 9.53 Å². The normalized spacial score (nSPS) is 16.4. The Labute approximate surface area is 183 Å². The Bertz CT molecular complexity index is 1310. The van der Waals surface area contributed by atoms with Gasteiger partial charge in [-0.3, -0.25) is 9.36 Å². The van der Waals surface area contributed by atoms with Crippen molar-refractivity contribution >= 4 is 23.4 Å². The summed E-state index contributed by atoms with van der Waals surface area (Å²) in [6.07, 6.45) is 4.91. The Hall–Kier alpha value is -3.19. The molecule has 0 saturated heterocycles. The SMILES string of the molecule is CCOC(=O)C1=C(C)N=c2sc(=Cc3ccoc3)c(=O)n2C1c1ccc(C(C)C)cc1. The van der Waals surface area contributed by atoms with Crippen molar-refractivity contribution < 1.29 is 13.9 Å². The fraction of sp³-hybridized carbons (Fsp3) is 0.292. The molecule has 1 aromatic carbocycles. The van der Waals surface area contributed by atoms with Gasteiger partial charge in [0.25, 0.3) is 5.56 Å². The van der Waals surface area contributed by atoms with Crippen molar-refractivity contribution in [3.63, 3.8) is 0 Å². The molecule has 3 heterocycles. The zero-order valence-corrected chi connectivity index (χ0v) is 18.7. The maximum Gasteiger partial charge on any atom is 0.338 e. The Morgan fingerprint density at radius 2 is 2.03 bits per heavy atom. The summed E-state index contributed by atoms with van der Waals surface area (Å²) in [5.41, 5.74) is 3.59. The van der Waals surface area contributed by atoms with E-state index in [9.17, 15) is 9.59 Å². The van der Waals surface area contributed by atoms with Crippen LogP contribution in [0.15, 0.2) is 68.3 Å². The number of fused-ring (bicyclic) bond motifs is 1. The minimum absolute atomic E-state index is 0.197. The summed E-state index contributed by atoms with van der Waals surface area (Å²) < 4.78 is 12.6. The summed E-state index contributed by atoms with van der Waals surface area (Å²) in [5.74, 6) is -0.0707. The van der Waals surface area contributed by atoms with E-state index in [1.54, 1.807) is 43.1 Å². The second kappa shape index (κ2) is 8.51. The van der Waals surface area contributed by atoms with E-state index in [2.05, 4.69) is 18.8 Å². The number of carbonyl (C=O) groups is 1. The topological polar surface area (TPSA) is 73.8 Å². The van der Waals surface area contributed by atoms with Gasteiger partial charge in [0, 0.05) is 5.56 Å². The fourth-order valence-electron chi connectivity index (χ4n) is 3.68. The summed E-state index contributed by atoms with van der Waals surface area (Å²) >= 11 is 1.30. The van der Waals surface area contributed by atoms with E-state index in [4.69, 9.17) is 9.15 Å². The standard InChI is InChI=1S/C24H24N2O4S/c1-5-30-23(28)20-15(4)25-24-26(21(20)18-8-6-17(7-9-18)14(2)3)22(27)19(31-24)12-16-10-11-29-13-16/h6-14,21H,5H2,1-4H3. The number of esters is 1. The van der Waals surface area contributed by atoms with Gasteiger partial charge < -0.3 is 9.15 Å². The van der Waals surface area contributed by atoms with E-state index in [0.29, 0.717) is 26.5 Å². The number of aromatic nitrogens is 1. The molecule has 0 aliphatic carbocycles. The highest BCUT2D eigenvalue weighted by Gasteiger charge is 2.33. The highest BCUT2D eigenvalue weighted by molar-refractivity contribution is 7.07. The number of furan rings is 1. The van der Waals surface area contributed by atoms with Gasteiger partial charge in [-0.25, -0.2) is 9.79 Å². The summed E-state index contributed by atoms with van der Waals surface area (Å²) in [6.45, 7) is 8.05. The van der Waals surface area contributed by atoms with E-state index >= 15 is 0 Å². The number of rotatable bonds is 5. The Morgan fingerprint density at radius 1 is 1.29 bits per heavy atom. The lowest BCUT2D eigenvalue weighted by Crippen LogP contribution is -2.39. The van der Waals surface area contributed by atoms with Crippen LogP contribution in [0.4, 0.5) is 0 Å². The molecule has 0 radical (unpaired) electrons. The van der Waals surface area contributed by atoms with Gasteiger partial charge in [0.15, 0.2) is 4.80 Å². The highest BCUT2D eigenvalue weighted by atomic mass is 32.1. The smallest absolute Gasteiger partial charge is 0.338 e. The van der Waals surface area contributed by atoms with E-state index in [-0.39, 0.29) is 12.2 Å². The predicted octanol–water partition coefficient (Wildman–Crippen LogP) is 3.51. The monoisotopic (exact) mass is 436 g/mol. The van der Waals surface area contributed by atoms with E-state index < -0.39 is 12.0 Å². The zero-order chi connectivity index (χ0) is 22.1. The third-order valence-electron chi connectivity index (χ3n) is 5.28. The third-order valence-corrected chi connectivity index (χ3v) is 6.26. The van der Waals surface area contributed by atoms with Crippen molar-refractivity contribution in [2.75, 3.05) is 6.61 Å². The number of ether oxygens (including phenoxy) is 1. The number of allylic oxidation sites excluding steroid dienone is 1. The Balaban J connectivity index is 1.94. The van der Waals surface area contributed by atoms with Crippen LogP contribution in [0.5, 0.6) is 0 Å². The summed E-state index contributed by atoms with van der Waals surface area (Å²) in [4.78, 5) is 31.4. The quantitative estimate of drug-likeness (QED) is 0.574. The lowest BCUT2D eigenvalue weighted by atomic mass is 9.93. The van der Waals surface area contributed by atoms with Gasteiger partial charge in [-0.1, -0.05) is 49.4 Å². The second-order valence-corrected chi connectivity index (χ2v) is 8.69. The first-order valence-electron chi connectivity index (χ1n) is 10.2. The lowest BCUT2D eigenvalue weighted by molar-refractivity contribution is -0.139. The van der Waals surface area contributed by atoms with Crippen molar-refractivity contribution in [3.8, 4) is 0 Å². The number of hydrogen-bond acceptors (Lipinski definition) is 6. The number of carbonyl (C=O) groups excluding carboxylic acids is 1. The van der Waals surface area contributed by atoms with Gasteiger partial charge in [0.05, 0.1) is 41.0 Å². The third kappa shape index (κ3) is 3.93. The molecule has 1 unspecified atom stereocenters.